The number of benzene rings is 1. The van der Waals surface area contributed by atoms with Gasteiger partial charge in [-0.2, -0.15) is 4.31 Å². The number of ether oxygens (including phenoxy) is 1. The zero-order valence-corrected chi connectivity index (χ0v) is 16.9. The minimum atomic E-state index is -3.77. The van der Waals surface area contributed by atoms with E-state index in [1.807, 2.05) is 0 Å². The molecule has 0 N–H and O–H groups in total. The predicted molar refractivity (Wildman–Crippen MR) is 96.3 cm³/mol. The third-order valence-corrected chi connectivity index (χ3v) is 6.09. The lowest BCUT2D eigenvalue weighted by molar-refractivity contribution is -0.129. The Hall–Kier alpha value is -1.44. The molecule has 8 heteroatoms. The van der Waals surface area contributed by atoms with Gasteiger partial charge in [0.05, 0.1) is 15.5 Å². The van der Waals surface area contributed by atoms with Gasteiger partial charge in [0, 0.05) is 18.5 Å². The lowest BCUT2D eigenvalue weighted by atomic mass is 9.91. The zero-order chi connectivity index (χ0) is 19.6. The molecule has 0 atom stereocenters. The zero-order valence-electron chi connectivity index (χ0n) is 15.3. The van der Waals surface area contributed by atoms with Crippen molar-refractivity contribution in [1.29, 1.82) is 0 Å². The van der Waals surface area contributed by atoms with Gasteiger partial charge in [0.15, 0.2) is 12.4 Å². The largest absolute Gasteiger partial charge is 0.454 e. The normalized spacial score (nSPS) is 12.5. The van der Waals surface area contributed by atoms with Crippen LogP contribution in [-0.2, 0) is 19.6 Å². The monoisotopic (exact) mass is 389 g/mol. The summed E-state index contributed by atoms with van der Waals surface area (Å²) in [5.41, 5.74) is -0.739. The van der Waals surface area contributed by atoms with Crippen LogP contribution in [0, 0.1) is 5.41 Å². The van der Waals surface area contributed by atoms with Crippen LogP contribution in [-0.4, -0.2) is 44.2 Å². The molecule has 6 nitrogen and oxygen atoms in total. The first-order valence-electron chi connectivity index (χ1n) is 7.76. The number of halogens is 1. The number of hydrogen-bond acceptors (Lipinski definition) is 5. The Morgan fingerprint density at radius 2 is 1.80 bits per heavy atom. The lowest BCUT2D eigenvalue weighted by Crippen LogP contribution is -2.33. The molecule has 0 bridgehead atoms. The second-order valence-corrected chi connectivity index (χ2v) is 9.41. The first kappa shape index (κ1) is 21.6. The van der Waals surface area contributed by atoms with Crippen molar-refractivity contribution in [3.05, 3.63) is 28.8 Å². The number of rotatable bonds is 6. The van der Waals surface area contributed by atoms with E-state index < -0.39 is 28.0 Å². The van der Waals surface area contributed by atoms with Gasteiger partial charge in [-0.3, -0.25) is 4.79 Å². The van der Waals surface area contributed by atoms with Crippen LogP contribution >= 0.6 is 11.6 Å². The summed E-state index contributed by atoms with van der Waals surface area (Å²) in [6, 6.07) is 3.57. The van der Waals surface area contributed by atoms with E-state index in [0.29, 0.717) is 0 Å². The average Bonchev–Trinajstić information content (AvgIpc) is 2.50. The van der Waals surface area contributed by atoms with Gasteiger partial charge in [-0.05, 0) is 32.0 Å². The molecule has 25 heavy (non-hydrogen) atoms. The standard InChI is InChI=1S/C17H24ClNO5S/c1-11(2)19(6)25(22,23)12-7-8-14(18)13(9-12)16(21)24-10-15(20)17(3,4)5/h7-9,11H,10H2,1-6H3. The molecule has 0 aliphatic heterocycles. The highest BCUT2D eigenvalue weighted by atomic mass is 35.5. The van der Waals surface area contributed by atoms with Gasteiger partial charge in [-0.25, -0.2) is 13.2 Å². The van der Waals surface area contributed by atoms with E-state index in [-0.39, 0.29) is 27.3 Å². The van der Waals surface area contributed by atoms with Crippen molar-refractivity contribution in [3.63, 3.8) is 0 Å². The van der Waals surface area contributed by atoms with Crippen LogP contribution in [0.1, 0.15) is 45.0 Å². The first-order valence-corrected chi connectivity index (χ1v) is 9.58. The molecular weight excluding hydrogens is 366 g/mol. The van der Waals surface area contributed by atoms with Crippen molar-refractivity contribution in [2.24, 2.45) is 5.41 Å². The van der Waals surface area contributed by atoms with Crippen molar-refractivity contribution in [2.45, 2.75) is 45.6 Å². The van der Waals surface area contributed by atoms with Gasteiger partial charge in [0.25, 0.3) is 0 Å². The van der Waals surface area contributed by atoms with Gasteiger partial charge < -0.3 is 4.74 Å². The summed E-state index contributed by atoms with van der Waals surface area (Å²) in [4.78, 5) is 24.0. The molecular formula is C17H24ClNO5S. The molecule has 0 amide bonds. The summed E-state index contributed by atoms with van der Waals surface area (Å²) in [5.74, 6) is -1.09. The number of carbonyl (C=O) groups is 2. The van der Waals surface area contributed by atoms with E-state index in [9.17, 15) is 18.0 Å². The Bertz CT molecular complexity index is 766. The molecule has 0 aliphatic carbocycles. The van der Waals surface area contributed by atoms with Crippen molar-refractivity contribution in [1.82, 2.24) is 4.31 Å². The maximum atomic E-state index is 12.5. The maximum absolute atomic E-state index is 12.5. The van der Waals surface area contributed by atoms with Crippen LogP contribution in [0.5, 0.6) is 0 Å². The number of sulfonamides is 1. The van der Waals surface area contributed by atoms with Crippen LogP contribution in [0.15, 0.2) is 23.1 Å². The fourth-order valence-corrected chi connectivity index (χ4v) is 3.28. The molecule has 0 heterocycles. The van der Waals surface area contributed by atoms with Crippen molar-refractivity contribution >= 4 is 33.4 Å². The van der Waals surface area contributed by atoms with Crippen LogP contribution in [0.3, 0.4) is 0 Å². The quantitative estimate of drug-likeness (QED) is 0.698. The number of esters is 1. The highest BCUT2D eigenvalue weighted by Crippen LogP contribution is 2.24. The summed E-state index contributed by atoms with van der Waals surface area (Å²) < 4.78 is 31.2. The van der Waals surface area contributed by atoms with Gasteiger partial charge in [-0.15, -0.1) is 0 Å². The Balaban J connectivity index is 3.10. The molecule has 0 saturated heterocycles. The van der Waals surface area contributed by atoms with E-state index in [4.69, 9.17) is 16.3 Å². The topological polar surface area (TPSA) is 80.8 Å². The van der Waals surface area contributed by atoms with Crippen molar-refractivity contribution in [3.8, 4) is 0 Å². The van der Waals surface area contributed by atoms with Crippen LogP contribution < -0.4 is 0 Å². The number of Topliss-reactive ketones (excluding diaryl/α,β-unsaturated/α-hetero) is 1. The Labute approximate surface area is 154 Å². The number of hydrogen-bond donors (Lipinski definition) is 0. The summed E-state index contributed by atoms with van der Waals surface area (Å²) >= 11 is 5.99. The summed E-state index contributed by atoms with van der Waals surface area (Å²) in [7, 11) is -2.31. The minimum Gasteiger partial charge on any atom is -0.454 e. The molecule has 0 aromatic heterocycles. The summed E-state index contributed by atoms with van der Waals surface area (Å²) in [6.45, 7) is 8.21. The average molecular weight is 390 g/mol. The fraction of sp³-hybridized carbons (Fsp3) is 0.529. The number of carbonyl (C=O) groups excluding carboxylic acids is 2. The number of ketones is 1. The minimum absolute atomic E-state index is 0.0550. The first-order chi connectivity index (χ1) is 11.3. The summed E-state index contributed by atoms with van der Waals surface area (Å²) in [5, 5.41) is 0.0550. The Kier molecular flexibility index (Phi) is 6.78. The number of nitrogens with zero attached hydrogens (tertiary/aromatic N) is 1. The SMILES string of the molecule is CC(C)N(C)S(=O)(=O)c1ccc(Cl)c(C(=O)OCC(=O)C(C)(C)C)c1. The van der Waals surface area contributed by atoms with Crippen LogP contribution in [0.2, 0.25) is 5.02 Å². The molecule has 0 unspecified atom stereocenters. The van der Waals surface area contributed by atoms with Crippen molar-refractivity contribution in [2.75, 3.05) is 13.7 Å². The Morgan fingerprint density at radius 1 is 1.24 bits per heavy atom. The van der Waals surface area contributed by atoms with Crippen LogP contribution in [0.4, 0.5) is 0 Å². The van der Waals surface area contributed by atoms with Crippen molar-refractivity contribution < 1.29 is 22.7 Å². The van der Waals surface area contributed by atoms with Gasteiger partial charge in [-0.1, -0.05) is 32.4 Å². The predicted octanol–water partition coefficient (Wildman–Crippen LogP) is 3.14. The van der Waals surface area contributed by atoms with Crippen LogP contribution in [0.25, 0.3) is 0 Å². The molecule has 1 rings (SSSR count). The van der Waals surface area contributed by atoms with Gasteiger partial charge in [0.2, 0.25) is 10.0 Å². The van der Waals surface area contributed by atoms with E-state index in [1.54, 1.807) is 34.6 Å². The van der Waals surface area contributed by atoms with E-state index >= 15 is 0 Å². The highest BCUT2D eigenvalue weighted by molar-refractivity contribution is 7.89. The van der Waals surface area contributed by atoms with E-state index in [2.05, 4.69) is 0 Å². The molecule has 0 spiro atoms. The van der Waals surface area contributed by atoms with E-state index in [1.165, 1.54) is 29.6 Å². The fourth-order valence-electron chi connectivity index (χ4n) is 1.69. The molecule has 0 aliphatic rings. The van der Waals surface area contributed by atoms with E-state index in [0.717, 1.165) is 0 Å². The molecule has 1 aromatic rings. The van der Waals surface area contributed by atoms with Gasteiger partial charge in [0.1, 0.15) is 0 Å². The lowest BCUT2D eigenvalue weighted by Gasteiger charge is -2.21. The molecule has 140 valence electrons. The molecule has 0 fully saturated rings. The molecule has 0 saturated carbocycles. The molecule has 0 radical (unpaired) electrons. The second-order valence-electron chi connectivity index (χ2n) is 7.01. The highest BCUT2D eigenvalue weighted by Gasteiger charge is 2.27. The third kappa shape index (κ3) is 5.26. The van der Waals surface area contributed by atoms with Gasteiger partial charge >= 0.3 is 5.97 Å². The third-order valence-electron chi connectivity index (χ3n) is 3.73. The Morgan fingerprint density at radius 3 is 2.28 bits per heavy atom. The second kappa shape index (κ2) is 7.85. The molecule has 1 aromatic carbocycles. The summed E-state index contributed by atoms with van der Waals surface area (Å²) in [6.07, 6.45) is 0. The smallest absolute Gasteiger partial charge is 0.340 e. The maximum Gasteiger partial charge on any atom is 0.340 e.